The molecule has 6 nitrogen and oxygen atoms in total. The molecule has 0 radical (unpaired) electrons. The van der Waals surface area contributed by atoms with E-state index in [1.807, 2.05) is 6.92 Å². The van der Waals surface area contributed by atoms with Crippen LogP contribution >= 0.6 is 11.8 Å². The molecular formula is C21H24N2O4S. The quantitative estimate of drug-likeness (QED) is 0.334. The molecule has 0 spiro atoms. The molecule has 1 aromatic carbocycles. The van der Waals surface area contributed by atoms with Crippen molar-refractivity contribution in [1.82, 2.24) is 5.32 Å². The molecule has 1 heterocycles. The van der Waals surface area contributed by atoms with Crippen LogP contribution in [0.1, 0.15) is 42.5 Å². The second kappa shape index (κ2) is 9.59. The maximum absolute atomic E-state index is 12.1. The molecule has 148 valence electrons. The summed E-state index contributed by atoms with van der Waals surface area (Å²) >= 11 is 1.07. The highest BCUT2D eigenvalue weighted by atomic mass is 32.2. The molecule has 1 aliphatic carbocycles. The monoisotopic (exact) mass is 400 g/mol. The number of nitrogens with one attached hydrogen (secondary N) is 1. The number of hydrogen-bond acceptors (Lipinski definition) is 5. The summed E-state index contributed by atoms with van der Waals surface area (Å²) in [5.74, 6) is -0.910. The van der Waals surface area contributed by atoms with Crippen molar-refractivity contribution in [2.24, 2.45) is 0 Å². The van der Waals surface area contributed by atoms with E-state index in [1.165, 1.54) is 30.2 Å². The van der Waals surface area contributed by atoms with E-state index < -0.39 is 5.97 Å². The van der Waals surface area contributed by atoms with Gasteiger partial charge >= 0.3 is 5.97 Å². The number of fused-ring (bicyclic) bond motifs is 1. The minimum Gasteiger partial charge on any atom is -0.618 e. The van der Waals surface area contributed by atoms with Crippen molar-refractivity contribution in [3.05, 3.63) is 64.5 Å². The number of hydrogen-bond donors (Lipinski definition) is 1. The number of thioether (sulfide) groups is 1. The van der Waals surface area contributed by atoms with Gasteiger partial charge in [-0.05, 0) is 67.1 Å². The van der Waals surface area contributed by atoms with Crippen LogP contribution in [-0.2, 0) is 27.2 Å². The Hall–Kier alpha value is -2.54. The summed E-state index contributed by atoms with van der Waals surface area (Å²) in [6.07, 6.45) is 6.02. The van der Waals surface area contributed by atoms with Crippen molar-refractivity contribution in [1.29, 1.82) is 0 Å². The molecule has 2 aromatic rings. The average Bonchev–Trinajstić information content (AvgIpc) is 2.71. The first-order valence-electron chi connectivity index (χ1n) is 9.40. The van der Waals surface area contributed by atoms with E-state index >= 15 is 0 Å². The molecule has 0 saturated heterocycles. The van der Waals surface area contributed by atoms with Gasteiger partial charge < -0.3 is 15.3 Å². The van der Waals surface area contributed by atoms with Gasteiger partial charge in [0.25, 0.3) is 10.9 Å². The number of pyridine rings is 1. The minimum absolute atomic E-state index is 0.0279. The van der Waals surface area contributed by atoms with Crippen LogP contribution in [0, 0.1) is 5.21 Å². The first-order chi connectivity index (χ1) is 13.5. The van der Waals surface area contributed by atoms with Gasteiger partial charge in [0.2, 0.25) is 0 Å². The molecule has 0 bridgehead atoms. The number of aryl methyl sites for hydroxylation is 2. The lowest BCUT2D eigenvalue weighted by molar-refractivity contribution is -0.645. The highest BCUT2D eigenvalue weighted by Crippen LogP contribution is 2.24. The third-order valence-electron chi connectivity index (χ3n) is 4.74. The van der Waals surface area contributed by atoms with Gasteiger partial charge in [-0.3, -0.25) is 9.59 Å². The highest BCUT2D eigenvalue weighted by Gasteiger charge is 2.16. The van der Waals surface area contributed by atoms with E-state index in [-0.39, 0.29) is 24.3 Å². The largest absolute Gasteiger partial charge is 0.618 e. The molecule has 1 amide bonds. The zero-order valence-electron chi connectivity index (χ0n) is 15.8. The summed E-state index contributed by atoms with van der Waals surface area (Å²) < 4.78 is 5.70. The number of rotatable bonds is 7. The number of nitrogens with zero attached hydrogens (tertiary/aromatic N) is 1. The smallest absolute Gasteiger partial charge is 0.317 e. The molecule has 1 N–H and O–H groups in total. The topological polar surface area (TPSA) is 82.3 Å². The van der Waals surface area contributed by atoms with Gasteiger partial charge in [-0.25, -0.2) is 0 Å². The van der Waals surface area contributed by atoms with Crippen molar-refractivity contribution in [2.75, 3.05) is 12.4 Å². The number of ether oxygens (including phenoxy) is 1. The van der Waals surface area contributed by atoms with Gasteiger partial charge in [-0.1, -0.05) is 18.2 Å². The number of aromatic nitrogens is 1. The van der Waals surface area contributed by atoms with E-state index in [0.29, 0.717) is 9.76 Å². The predicted molar refractivity (Wildman–Crippen MR) is 107 cm³/mol. The number of esters is 1. The van der Waals surface area contributed by atoms with E-state index in [4.69, 9.17) is 4.74 Å². The fourth-order valence-corrected chi connectivity index (χ4v) is 3.95. The Morgan fingerprint density at radius 2 is 2.00 bits per heavy atom. The molecule has 3 rings (SSSR count). The van der Waals surface area contributed by atoms with Gasteiger partial charge in [-0.15, -0.1) is 0 Å². The van der Waals surface area contributed by atoms with Gasteiger partial charge in [0.15, 0.2) is 12.8 Å². The SMILES string of the molecule is C[C@H](NC(=O)COC(=O)CSc1cccc[n+]1[O-])c1ccc2c(c1)CCCC2. The summed E-state index contributed by atoms with van der Waals surface area (Å²) in [6, 6.07) is 11.2. The molecule has 1 atom stereocenters. The number of benzene rings is 1. The van der Waals surface area contributed by atoms with E-state index in [2.05, 4.69) is 23.5 Å². The second-order valence-corrected chi connectivity index (χ2v) is 7.83. The molecule has 7 heteroatoms. The van der Waals surface area contributed by atoms with Crippen LogP contribution < -0.4 is 10.0 Å². The first kappa shape index (κ1) is 20.2. The van der Waals surface area contributed by atoms with Crippen LogP contribution in [0.5, 0.6) is 0 Å². The second-order valence-electron chi connectivity index (χ2n) is 6.84. The Kier molecular flexibility index (Phi) is 6.92. The third kappa shape index (κ3) is 5.48. The van der Waals surface area contributed by atoms with Gasteiger partial charge in [0.05, 0.1) is 6.04 Å². The van der Waals surface area contributed by atoms with Crippen LogP contribution in [0.2, 0.25) is 0 Å². The number of carbonyl (C=O) groups is 2. The Morgan fingerprint density at radius 1 is 1.21 bits per heavy atom. The van der Waals surface area contributed by atoms with Crippen molar-refractivity contribution in [3.63, 3.8) is 0 Å². The van der Waals surface area contributed by atoms with Crippen LogP contribution in [-0.4, -0.2) is 24.2 Å². The third-order valence-corrected chi connectivity index (χ3v) is 5.73. The maximum Gasteiger partial charge on any atom is 0.317 e. The van der Waals surface area contributed by atoms with E-state index in [0.717, 1.165) is 30.2 Å². The lowest BCUT2D eigenvalue weighted by atomic mass is 9.89. The lowest BCUT2D eigenvalue weighted by Crippen LogP contribution is -2.32. The van der Waals surface area contributed by atoms with Crippen LogP contribution in [0.25, 0.3) is 0 Å². The zero-order valence-corrected chi connectivity index (χ0v) is 16.7. The summed E-state index contributed by atoms with van der Waals surface area (Å²) in [7, 11) is 0. The Balaban J connectivity index is 1.43. The highest BCUT2D eigenvalue weighted by molar-refractivity contribution is 7.99. The fraction of sp³-hybridized carbons (Fsp3) is 0.381. The minimum atomic E-state index is -0.537. The number of carbonyl (C=O) groups excluding carboxylic acids is 2. The Morgan fingerprint density at radius 3 is 2.79 bits per heavy atom. The van der Waals surface area contributed by atoms with Crippen LogP contribution in [0.3, 0.4) is 0 Å². The van der Waals surface area contributed by atoms with E-state index in [9.17, 15) is 14.8 Å². The molecule has 0 aliphatic heterocycles. The number of amides is 1. The molecular weight excluding hydrogens is 376 g/mol. The van der Waals surface area contributed by atoms with E-state index in [1.54, 1.807) is 18.2 Å². The summed E-state index contributed by atoms with van der Waals surface area (Å²) in [5.41, 5.74) is 3.82. The lowest BCUT2D eigenvalue weighted by Gasteiger charge is -2.20. The molecule has 1 aliphatic rings. The van der Waals surface area contributed by atoms with Gasteiger partial charge in [0, 0.05) is 12.1 Å². The Bertz CT molecular complexity index is 856. The molecule has 1 aromatic heterocycles. The summed E-state index contributed by atoms with van der Waals surface area (Å²) in [4.78, 5) is 23.9. The summed E-state index contributed by atoms with van der Waals surface area (Å²) in [6.45, 7) is 1.59. The maximum atomic E-state index is 12.1. The first-order valence-corrected chi connectivity index (χ1v) is 10.4. The molecule has 0 saturated carbocycles. The van der Waals surface area contributed by atoms with Crippen LogP contribution in [0.15, 0.2) is 47.6 Å². The standard InChI is InChI=1S/C21H24N2O4S/c1-15(17-10-9-16-6-2-3-7-18(16)12-17)22-19(24)13-27-21(25)14-28-20-8-4-5-11-23(20)26/h4-5,8-12,15H,2-3,6-7,13-14H2,1H3,(H,22,24)/t15-/m0/s1. The predicted octanol–water partition coefficient (Wildman–Crippen LogP) is 2.71. The van der Waals surface area contributed by atoms with Crippen molar-refractivity contribution in [2.45, 2.75) is 43.7 Å². The normalized spacial score (nSPS) is 14.0. The fourth-order valence-electron chi connectivity index (χ4n) is 3.23. The molecule has 0 fully saturated rings. The molecule has 0 unspecified atom stereocenters. The van der Waals surface area contributed by atoms with Crippen molar-refractivity contribution >= 4 is 23.6 Å². The van der Waals surface area contributed by atoms with Crippen LogP contribution in [0.4, 0.5) is 0 Å². The summed E-state index contributed by atoms with van der Waals surface area (Å²) in [5, 5.41) is 14.8. The van der Waals surface area contributed by atoms with Gasteiger partial charge in [0.1, 0.15) is 5.75 Å². The zero-order chi connectivity index (χ0) is 19.9. The van der Waals surface area contributed by atoms with Crippen molar-refractivity contribution < 1.29 is 19.1 Å². The van der Waals surface area contributed by atoms with Crippen molar-refractivity contribution in [3.8, 4) is 0 Å². The average molecular weight is 401 g/mol. The molecule has 28 heavy (non-hydrogen) atoms. The Labute approximate surface area is 168 Å². The van der Waals surface area contributed by atoms with Gasteiger partial charge in [-0.2, -0.15) is 4.73 Å².